The van der Waals surface area contributed by atoms with Gasteiger partial charge in [0.25, 0.3) is 0 Å². The van der Waals surface area contributed by atoms with E-state index in [1.54, 1.807) is 12.1 Å². The molecule has 0 aromatic heterocycles. The number of hydrogen-bond acceptors (Lipinski definition) is 3. The molecule has 0 saturated carbocycles. The molecule has 5 heteroatoms. The van der Waals surface area contributed by atoms with Crippen LogP contribution < -0.4 is 9.62 Å². The van der Waals surface area contributed by atoms with Crippen LogP contribution in [0, 0.1) is 6.92 Å². The van der Waals surface area contributed by atoms with Gasteiger partial charge in [-0.2, -0.15) is 0 Å². The van der Waals surface area contributed by atoms with Crippen molar-refractivity contribution in [3.8, 4) is 0 Å². The van der Waals surface area contributed by atoms with Gasteiger partial charge in [-0.1, -0.05) is 66.2 Å². The fourth-order valence-corrected chi connectivity index (χ4v) is 4.31. The maximum absolute atomic E-state index is 12.8. The first-order valence-corrected chi connectivity index (χ1v) is 10.9. The molecule has 0 amide bonds. The number of anilines is 1. The lowest BCUT2D eigenvalue weighted by Gasteiger charge is -2.33. The van der Waals surface area contributed by atoms with Crippen LogP contribution in [0.25, 0.3) is 0 Å². The van der Waals surface area contributed by atoms with Crippen LogP contribution in [0.5, 0.6) is 0 Å². The number of nitrogens with zero attached hydrogens (tertiary/aromatic N) is 1. The summed E-state index contributed by atoms with van der Waals surface area (Å²) in [5, 5.41) is 0. The monoisotopic (exact) mass is 394 g/mol. The Hall–Kier alpha value is -2.63. The van der Waals surface area contributed by atoms with E-state index in [0.29, 0.717) is 0 Å². The molecular weight excluding hydrogens is 368 g/mol. The second-order valence-corrected chi connectivity index (χ2v) is 8.48. The topological polar surface area (TPSA) is 49.4 Å². The molecule has 3 aromatic rings. The van der Waals surface area contributed by atoms with E-state index in [1.165, 1.54) is 0 Å². The highest BCUT2D eigenvalue weighted by molar-refractivity contribution is 7.89. The minimum absolute atomic E-state index is 0.117. The molecule has 1 atom stereocenters. The summed E-state index contributed by atoms with van der Waals surface area (Å²) in [4.78, 5) is 2.50. The summed E-state index contributed by atoms with van der Waals surface area (Å²) < 4.78 is 28.4. The number of nitrogens with one attached hydrogen (secondary N) is 1. The fourth-order valence-electron chi connectivity index (χ4n) is 3.27. The minimum Gasteiger partial charge on any atom is -0.363 e. The molecule has 3 rings (SSSR count). The molecule has 0 bridgehead atoms. The number of benzene rings is 3. The molecule has 146 valence electrons. The Labute approximate surface area is 167 Å². The second-order valence-electron chi connectivity index (χ2n) is 6.71. The predicted molar refractivity (Wildman–Crippen MR) is 115 cm³/mol. The molecule has 0 heterocycles. The zero-order valence-corrected chi connectivity index (χ0v) is 17.1. The highest BCUT2D eigenvalue weighted by Crippen LogP contribution is 2.27. The van der Waals surface area contributed by atoms with Crippen LogP contribution in [-0.2, 0) is 10.0 Å². The Morgan fingerprint density at radius 3 is 2.00 bits per heavy atom. The average Bonchev–Trinajstić information content (AvgIpc) is 2.72. The van der Waals surface area contributed by atoms with Gasteiger partial charge < -0.3 is 4.90 Å². The summed E-state index contributed by atoms with van der Waals surface area (Å²) >= 11 is 0. The van der Waals surface area contributed by atoms with Crippen molar-refractivity contribution in [2.75, 3.05) is 18.0 Å². The Morgan fingerprint density at radius 2 is 1.43 bits per heavy atom. The van der Waals surface area contributed by atoms with Crippen LogP contribution in [0.15, 0.2) is 89.8 Å². The minimum atomic E-state index is -3.58. The van der Waals surface area contributed by atoms with Crippen molar-refractivity contribution in [2.24, 2.45) is 0 Å². The molecule has 0 radical (unpaired) electrons. The van der Waals surface area contributed by atoms with E-state index in [4.69, 9.17) is 0 Å². The van der Waals surface area contributed by atoms with Crippen LogP contribution in [0.2, 0.25) is 0 Å². The summed E-state index contributed by atoms with van der Waals surface area (Å²) in [6, 6.07) is 26.9. The van der Waals surface area contributed by atoms with Gasteiger partial charge in [-0.05, 0) is 43.7 Å². The Bertz CT molecular complexity index is 972. The van der Waals surface area contributed by atoms with Gasteiger partial charge in [-0.25, -0.2) is 13.1 Å². The quantitative estimate of drug-likeness (QED) is 0.610. The van der Waals surface area contributed by atoms with Gasteiger partial charge in [-0.3, -0.25) is 0 Å². The third-order valence-corrected chi connectivity index (χ3v) is 6.23. The standard InChI is InChI=1S/C23H26N2O2S/c1-3-25(21-12-8-5-9-13-21)23(20-10-6-4-7-11-20)18-24-28(26,27)22-16-14-19(2)15-17-22/h4-17,23-24H,3,18H2,1-2H3. The lowest BCUT2D eigenvalue weighted by atomic mass is 10.0. The lowest BCUT2D eigenvalue weighted by molar-refractivity contribution is 0.561. The number of sulfonamides is 1. The third-order valence-electron chi connectivity index (χ3n) is 4.79. The molecule has 0 aliphatic carbocycles. The number of hydrogen-bond donors (Lipinski definition) is 1. The molecular formula is C23H26N2O2S. The molecule has 0 saturated heterocycles. The average molecular weight is 395 g/mol. The maximum Gasteiger partial charge on any atom is 0.240 e. The number of rotatable bonds is 8. The first-order valence-electron chi connectivity index (χ1n) is 9.44. The van der Waals surface area contributed by atoms with Crippen LogP contribution in [-0.4, -0.2) is 21.5 Å². The molecule has 28 heavy (non-hydrogen) atoms. The van der Waals surface area contributed by atoms with Crippen LogP contribution >= 0.6 is 0 Å². The summed E-state index contributed by atoms with van der Waals surface area (Å²) in [7, 11) is -3.58. The van der Waals surface area contributed by atoms with Gasteiger partial charge in [0.05, 0.1) is 10.9 Å². The maximum atomic E-state index is 12.8. The first-order chi connectivity index (χ1) is 13.5. The van der Waals surface area contributed by atoms with Crippen molar-refractivity contribution in [3.63, 3.8) is 0 Å². The smallest absolute Gasteiger partial charge is 0.240 e. The molecule has 0 fully saturated rings. The van der Waals surface area contributed by atoms with E-state index < -0.39 is 10.0 Å². The Morgan fingerprint density at radius 1 is 0.857 bits per heavy atom. The van der Waals surface area contributed by atoms with Gasteiger partial charge in [0.15, 0.2) is 0 Å². The van der Waals surface area contributed by atoms with Crippen molar-refractivity contribution in [2.45, 2.75) is 24.8 Å². The predicted octanol–water partition coefficient (Wildman–Crippen LogP) is 4.54. The van der Waals surface area contributed by atoms with E-state index in [1.807, 2.05) is 79.7 Å². The Kier molecular flexibility index (Phi) is 6.49. The summed E-state index contributed by atoms with van der Waals surface area (Å²) in [6.45, 7) is 5.06. The Balaban J connectivity index is 1.88. The summed E-state index contributed by atoms with van der Waals surface area (Å²) in [6.07, 6.45) is 0. The molecule has 0 spiro atoms. The van der Waals surface area contributed by atoms with Gasteiger partial charge in [0, 0.05) is 18.8 Å². The zero-order valence-electron chi connectivity index (χ0n) is 16.2. The number of likely N-dealkylation sites (N-methyl/N-ethyl adjacent to an activating group) is 1. The van der Waals surface area contributed by atoms with Gasteiger partial charge in [0.2, 0.25) is 10.0 Å². The van der Waals surface area contributed by atoms with Gasteiger partial charge in [-0.15, -0.1) is 0 Å². The van der Waals surface area contributed by atoms with Crippen molar-refractivity contribution < 1.29 is 8.42 Å². The molecule has 1 unspecified atom stereocenters. The lowest BCUT2D eigenvalue weighted by Crippen LogP contribution is -2.38. The van der Waals surface area contributed by atoms with Crippen LogP contribution in [0.1, 0.15) is 24.1 Å². The molecule has 4 nitrogen and oxygen atoms in total. The van der Waals surface area contributed by atoms with E-state index in [9.17, 15) is 8.42 Å². The largest absolute Gasteiger partial charge is 0.363 e. The van der Waals surface area contributed by atoms with Crippen molar-refractivity contribution in [3.05, 3.63) is 96.1 Å². The normalized spacial score (nSPS) is 12.5. The molecule has 0 aliphatic heterocycles. The van der Waals surface area contributed by atoms with Crippen LogP contribution in [0.3, 0.4) is 0 Å². The third kappa shape index (κ3) is 4.80. The van der Waals surface area contributed by atoms with E-state index >= 15 is 0 Å². The molecule has 1 N–H and O–H groups in total. The first kappa shape index (κ1) is 20.1. The SMILES string of the molecule is CCN(c1ccccc1)C(CNS(=O)(=O)c1ccc(C)cc1)c1ccccc1. The van der Waals surface area contributed by atoms with Gasteiger partial charge in [0.1, 0.15) is 0 Å². The summed E-state index contributed by atoms with van der Waals surface area (Å²) in [5.74, 6) is 0. The second kappa shape index (κ2) is 9.04. The van der Waals surface area contributed by atoms with Crippen molar-refractivity contribution in [1.82, 2.24) is 4.72 Å². The van der Waals surface area contributed by atoms with Crippen LogP contribution in [0.4, 0.5) is 5.69 Å². The van der Waals surface area contributed by atoms with Crippen molar-refractivity contribution >= 4 is 15.7 Å². The molecule has 3 aromatic carbocycles. The fraction of sp³-hybridized carbons (Fsp3) is 0.217. The summed E-state index contributed by atoms with van der Waals surface area (Å²) in [5.41, 5.74) is 3.16. The number of para-hydroxylation sites is 1. The van der Waals surface area contributed by atoms with E-state index in [0.717, 1.165) is 23.4 Å². The number of aryl methyl sites for hydroxylation is 1. The highest BCUT2D eigenvalue weighted by Gasteiger charge is 2.23. The zero-order chi connectivity index (χ0) is 20.0. The van der Waals surface area contributed by atoms with Gasteiger partial charge >= 0.3 is 0 Å². The van der Waals surface area contributed by atoms with Crippen molar-refractivity contribution in [1.29, 1.82) is 0 Å². The highest BCUT2D eigenvalue weighted by atomic mass is 32.2. The molecule has 0 aliphatic rings. The van der Waals surface area contributed by atoms with E-state index in [2.05, 4.69) is 16.5 Å². The van der Waals surface area contributed by atoms with E-state index in [-0.39, 0.29) is 17.5 Å².